The van der Waals surface area contributed by atoms with Gasteiger partial charge in [-0.2, -0.15) is 10.3 Å². The Kier molecular flexibility index (Phi) is 3.27. The van der Waals surface area contributed by atoms with E-state index in [1.165, 1.54) is 0 Å². The molecule has 2 heterocycles. The summed E-state index contributed by atoms with van der Waals surface area (Å²) in [7, 11) is 0. The van der Waals surface area contributed by atoms with Crippen LogP contribution in [0.25, 0.3) is 11.2 Å². The van der Waals surface area contributed by atoms with Crippen LogP contribution in [-0.4, -0.2) is 20.4 Å². The molecule has 19 heavy (non-hydrogen) atoms. The lowest BCUT2D eigenvalue weighted by atomic mass is 10.2. The second-order valence-electron chi connectivity index (χ2n) is 3.92. The number of benzene rings is 1. The second kappa shape index (κ2) is 5.07. The third-order valence-electron chi connectivity index (χ3n) is 2.62. The first-order valence-corrected chi connectivity index (χ1v) is 6.93. The molecule has 0 saturated carbocycles. The van der Waals surface area contributed by atoms with E-state index in [4.69, 9.17) is 17.3 Å². The van der Waals surface area contributed by atoms with Crippen molar-refractivity contribution in [1.82, 2.24) is 20.4 Å². The van der Waals surface area contributed by atoms with Crippen LogP contribution in [0.5, 0.6) is 0 Å². The maximum Gasteiger partial charge on any atom is 0.204 e. The zero-order valence-corrected chi connectivity index (χ0v) is 11.4. The number of thioether (sulfide) groups is 1. The maximum atomic E-state index is 6.13. The average molecular weight is 292 g/mol. The minimum absolute atomic E-state index is 0.433. The fourth-order valence-corrected chi connectivity index (χ4v) is 3.03. The van der Waals surface area contributed by atoms with Gasteiger partial charge < -0.3 is 5.73 Å². The van der Waals surface area contributed by atoms with E-state index in [1.54, 1.807) is 17.8 Å². The van der Waals surface area contributed by atoms with Gasteiger partial charge in [0.15, 0.2) is 0 Å². The smallest absolute Gasteiger partial charge is 0.204 e. The van der Waals surface area contributed by atoms with Gasteiger partial charge >= 0.3 is 0 Å². The third-order valence-corrected chi connectivity index (χ3v) is 4.06. The summed E-state index contributed by atoms with van der Waals surface area (Å²) in [6.45, 7) is 0. The van der Waals surface area contributed by atoms with Gasteiger partial charge in [0.05, 0.1) is 0 Å². The van der Waals surface area contributed by atoms with E-state index < -0.39 is 0 Å². The number of anilines is 1. The Morgan fingerprint density at radius 2 is 2.11 bits per heavy atom. The van der Waals surface area contributed by atoms with Crippen LogP contribution in [0.4, 0.5) is 5.82 Å². The van der Waals surface area contributed by atoms with Crippen LogP contribution in [0.1, 0.15) is 5.56 Å². The number of nitrogen functional groups attached to an aromatic ring is 1. The van der Waals surface area contributed by atoms with Crippen LogP contribution in [-0.2, 0) is 5.75 Å². The van der Waals surface area contributed by atoms with Crippen LogP contribution < -0.4 is 5.73 Å². The number of halogens is 1. The standard InChI is InChI=1S/C12H10ClN5S/c13-8-4-2-1-3-7(8)6-19-9-5-10(14)15-12-11(9)16-18-17-12/h1-5H,6H2,(H3,14,15,16,17,18). The minimum atomic E-state index is 0.433. The summed E-state index contributed by atoms with van der Waals surface area (Å²) in [5, 5.41) is 11.3. The Labute approximate surface area is 118 Å². The summed E-state index contributed by atoms with van der Waals surface area (Å²) < 4.78 is 0. The Hall–Kier alpha value is -1.79. The Morgan fingerprint density at radius 3 is 2.95 bits per heavy atom. The highest BCUT2D eigenvalue weighted by atomic mass is 35.5. The van der Waals surface area contributed by atoms with E-state index in [0.717, 1.165) is 26.8 Å². The number of rotatable bonds is 3. The molecule has 0 radical (unpaired) electrons. The van der Waals surface area contributed by atoms with Gasteiger partial charge in [0.2, 0.25) is 5.65 Å². The average Bonchev–Trinajstić information content (AvgIpc) is 2.85. The molecule has 7 heteroatoms. The molecule has 0 aliphatic heterocycles. The van der Waals surface area contributed by atoms with Crippen LogP contribution in [0, 0.1) is 0 Å². The zero-order chi connectivity index (χ0) is 13.2. The number of aromatic nitrogens is 4. The molecule has 0 bridgehead atoms. The van der Waals surface area contributed by atoms with Crippen molar-refractivity contribution in [3.63, 3.8) is 0 Å². The van der Waals surface area contributed by atoms with E-state index in [0.29, 0.717) is 11.5 Å². The molecule has 1 aromatic carbocycles. The number of hydrogen-bond donors (Lipinski definition) is 2. The van der Waals surface area contributed by atoms with Gasteiger partial charge in [-0.25, -0.2) is 4.98 Å². The summed E-state index contributed by atoms with van der Waals surface area (Å²) in [5.74, 6) is 1.17. The largest absolute Gasteiger partial charge is 0.384 e. The molecule has 0 spiro atoms. The van der Waals surface area contributed by atoms with Crippen molar-refractivity contribution >= 4 is 40.3 Å². The summed E-state index contributed by atoms with van der Waals surface area (Å²) in [4.78, 5) is 5.04. The molecule has 96 valence electrons. The number of nitrogens with zero attached hydrogens (tertiary/aromatic N) is 3. The van der Waals surface area contributed by atoms with Crippen LogP contribution >= 0.6 is 23.4 Å². The molecule has 3 N–H and O–H groups in total. The van der Waals surface area contributed by atoms with Gasteiger partial charge in [0, 0.05) is 15.7 Å². The van der Waals surface area contributed by atoms with Crippen molar-refractivity contribution in [3.05, 3.63) is 40.9 Å². The van der Waals surface area contributed by atoms with Crippen LogP contribution in [0.3, 0.4) is 0 Å². The number of hydrogen-bond acceptors (Lipinski definition) is 5. The molecule has 0 atom stereocenters. The molecule has 0 amide bonds. The number of fused-ring (bicyclic) bond motifs is 1. The first-order chi connectivity index (χ1) is 9.24. The van der Waals surface area contributed by atoms with Crippen molar-refractivity contribution in [1.29, 1.82) is 0 Å². The van der Waals surface area contributed by atoms with Crippen molar-refractivity contribution in [2.45, 2.75) is 10.6 Å². The molecule has 5 nitrogen and oxygen atoms in total. The second-order valence-corrected chi connectivity index (χ2v) is 5.35. The van der Waals surface area contributed by atoms with Gasteiger partial charge in [-0.05, 0) is 17.7 Å². The SMILES string of the molecule is Nc1cc(SCc2ccccc2Cl)c2n[nH]nc2n1. The van der Waals surface area contributed by atoms with E-state index in [2.05, 4.69) is 20.4 Å². The summed E-state index contributed by atoms with van der Waals surface area (Å²) >= 11 is 7.74. The van der Waals surface area contributed by atoms with E-state index >= 15 is 0 Å². The normalized spacial score (nSPS) is 11.0. The van der Waals surface area contributed by atoms with Gasteiger partial charge in [0.25, 0.3) is 0 Å². The van der Waals surface area contributed by atoms with Crippen LogP contribution in [0.15, 0.2) is 35.2 Å². The highest BCUT2D eigenvalue weighted by Gasteiger charge is 2.09. The Balaban J connectivity index is 1.90. The number of aromatic amines is 1. The first kappa shape index (κ1) is 12.3. The minimum Gasteiger partial charge on any atom is -0.384 e. The summed E-state index contributed by atoms with van der Waals surface area (Å²) in [6.07, 6.45) is 0. The quantitative estimate of drug-likeness (QED) is 0.725. The highest BCUT2D eigenvalue weighted by Crippen LogP contribution is 2.30. The predicted octanol–water partition coefficient (Wildman–Crippen LogP) is 2.88. The van der Waals surface area contributed by atoms with Crippen molar-refractivity contribution < 1.29 is 0 Å². The number of nitrogens with one attached hydrogen (secondary N) is 1. The third kappa shape index (κ3) is 2.50. The van der Waals surface area contributed by atoms with Crippen molar-refractivity contribution in [2.75, 3.05) is 5.73 Å². The molecular weight excluding hydrogens is 282 g/mol. The fourth-order valence-electron chi connectivity index (χ4n) is 1.71. The Bertz CT molecular complexity index is 727. The maximum absolute atomic E-state index is 6.13. The van der Waals surface area contributed by atoms with Gasteiger partial charge in [-0.15, -0.1) is 16.9 Å². The number of pyridine rings is 1. The number of H-pyrrole nitrogens is 1. The molecule has 0 unspecified atom stereocenters. The van der Waals surface area contributed by atoms with Gasteiger partial charge in [-0.1, -0.05) is 29.8 Å². The molecular formula is C12H10ClN5S. The molecule has 0 aliphatic rings. The van der Waals surface area contributed by atoms with E-state index in [9.17, 15) is 0 Å². The Morgan fingerprint density at radius 1 is 1.26 bits per heavy atom. The zero-order valence-electron chi connectivity index (χ0n) is 9.80. The fraction of sp³-hybridized carbons (Fsp3) is 0.0833. The first-order valence-electron chi connectivity index (χ1n) is 5.57. The van der Waals surface area contributed by atoms with Crippen molar-refractivity contribution in [3.8, 4) is 0 Å². The topological polar surface area (TPSA) is 80.5 Å². The predicted molar refractivity (Wildman–Crippen MR) is 77.1 cm³/mol. The lowest BCUT2D eigenvalue weighted by Crippen LogP contribution is -1.92. The molecule has 0 aliphatic carbocycles. The summed E-state index contributed by atoms with van der Waals surface area (Å²) in [5.41, 5.74) is 8.08. The number of nitrogens with two attached hydrogens (primary N) is 1. The van der Waals surface area contributed by atoms with Crippen LogP contribution in [0.2, 0.25) is 5.02 Å². The van der Waals surface area contributed by atoms with Crippen molar-refractivity contribution in [2.24, 2.45) is 0 Å². The van der Waals surface area contributed by atoms with Gasteiger partial charge in [0.1, 0.15) is 11.3 Å². The molecule has 3 rings (SSSR count). The van der Waals surface area contributed by atoms with E-state index in [1.807, 2.05) is 24.3 Å². The molecule has 2 aromatic heterocycles. The lowest BCUT2D eigenvalue weighted by molar-refractivity contribution is 0.953. The monoisotopic (exact) mass is 291 g/mol. The van der Waals surface area contributed by atoms with Gasteiger partial charge in [-0.3, -0.25) is 0 Å². The summed E-state index contributed by atoms with van der Waals surface area (Å²) in [6, 6.07) is 9.56. The molecule has 3 aromatic rings. The molecule has 0 fully saturated rings. The molecule has 0 saturated heterocycles. The van der Waals surface area contributed by atoms with E-state index in [-0.39, 0.29) is 0 Å². The lowest BCUT2D eigenvalue weighted by Gasteiger charge is -2.05. The highest BCUT2D eigenvalue weighted by molar-refractivity contribution is 7.98.